The van der Waals surface area contributed by atoms with Crippen LogP contribution in [0.5, 0.6) is 0 Å². The fourth-order valence-electron chi connectivity index (χ4n) is 2.13. The van der Waals surface area contributed by atoms with E-state index in [4.69, 9.17) is 0 Å². The van der Waals surface area contributed by atoms with Crippen molar-refractivity contribution in [3.63, 3.8) is 0 Å². The molecule has 0 spiro atoms. The molecule has 0 saturated carbocycles. The van der Waals surface area contributed by atoms with Crippen LogP contribution in [0.3, 0.4) is 0 Å². The predicted octanol–water partition coefficient (Wildman–Crippen LogP) is 2.29. The Balaban J connectivity index is 2.32. The third-order valence-electron chi connectivity index (χ3n) is 3.04. The van der Waals surface area contributed by atoms with Gasteiger partial charge in [0.25, 0.3) is 0 Å². The largest absolute Gasteiger partial charge is 0.339 e. The summed E-state index contributed by atoms with van der Waals surface area (Å²) in [5.41, 5.74) is 2.57. The van der Waals surface area contributed by atoms with E-state index in [-0.39, 0.29) is 5.91 Å². The first-order chi connectivity index (χ1) is 6.70. The van der Waals surface area contributed by atoms with Crippen molar-refractivity contribution in [2.75, 3.05) is 7.05 Å². The molecule has 1 atom stereocenters. The van der Waals surface area contributed by atoms with E-state index in [0.29, 0.717) is 12.5 Å². The van der Waals surface area contributed by atoms with Gasteiger partial charge in [-0.25, -0.2) is 0 Å². The highest BCUT2D eigenvalue weighted by Crippen LogP contribution is 2.32. The number of aryl methyl sites for hydroxylation is 1. The van der Waals surface area contributed by atoms with Gasteiger partial charge in [-0.15, -0.1) is 0 Å². The average Bonchev–Trinajstić information content (AvgIpc) is 2.49. The zero-order valence-corrected chi connectivity index (χ0v) is 8.66. The number of hydrogen-bond acceptors (Lipinski definition) is 1. The molecule has 0 radical (unpaired) electrons. The highest BCUT2D eigenvalue weighted by atomic mass is 16.2. The number of amides is 1. The van der Waals surface area contributed by atoms with Gasteiger partial charge in [-0.2, -0.15) is 0 Å². The molecule has 1 amide bonds. The molecule has 2 rings (SSSR count). The summed E-state index contributed by atoms with van der Waals surface area (Å²) in [7, 11) is 1.90. The Hall–Kier alpha value is -1.31. The molecule has 0 unspecified atom stereocenters. The van der Waals surface area contributed by atoms with E-state index in [2.05, 4.69) is 19.1 Å². The first-order valence-electron chi connectivity index (χ1n) is 5.01. The van der Waals surface area contributed by atoms with E-state index in [1.165, 1.54) is 11.1 Å². The Labute approximate surface area is 84.5 Å². The standard InChI is InChI=1S/C12H15NO/c1-9-5-3-4-6-10(9)11-7-8-12(14)13(11)2/h3-6,11H,7-8H2,1-2H3/t11-/m1/s1. The normalized spacial score (nSPS) is 21.7. The van der Waals surface area contributed by atoms with E-state index >= 15 is 0 Å². The number of nitrogens with zero attached hydrogens (tertiary/aromatic N) is 1. The SMILES string of the molecule is Cc1ccccc1[C@H]1CCC(=O)N1C. The van der Waals surface area contributed by atoms with Crippen LogP contribution in [0.15, 0.2) is 24.3 Å². The minimum Gasteiger partial charge on any atom is -0.339 e. The molecular weight excluding hydrogens is 174 g/mol. The summed E-state index contributed by atoms with van der Waals surface area (Å²) >= 11 is 0. The molecule has 1 aliphatic heterocycles. The minimum atomic E-state index is 0.262. The number of hydrogen-bond donors (Lipinski definition) is 0. The van der Waals surface area contributed by atoms with Crippen molar-refractivity contribution in [1.82, 2.24) is 4.90 Å². The first kappa shape index (κ1) is 9.25. The quantitative estimate of drug-likeness (QED) is 0.663. The molecule has 0 aliphatic carbocycles. The lowest BCUT2D eigenvalue weighted by atomic mass is 10.00. The molecule has 2 heteroatoms. The van der Waals surface area contributed by atoms with Gasteiger partial charge >= 0.3 is 0 Å². The number of carbonyl (C=O) groups excluding carboxylic acids is 1. The van der Waals surface area contributed by atoms with E-state index in [1.54, 1.807) is 0 Å². The van der Waals surface area contributed by atoms with E-state index < -0.39 is 0 Å². The lowest BCUT2D eigenvalue weighted by molar-refractivity contribution is -0.127. The van der Waals surface area contributed by atoms with Gasteiger partial charge in [-0.3, -0.25) is 4.79 Å². The van der Waals surface area contributed by atoms with Crippen molar-refractivity contribution >= 4 is 5.91 Å². The smallest absolute Gasteiger partial charge is 0.222 e. The fourth-order valence-corrected chi connectivity index (χ4v) is 2.13. The van der Waals surface area contributed by atoms with Crippen molar-refractivity contribution in [3.05, 3.63) is 35.4 Å². The molecule has 14 heavy (non-hydrogen) atoms. The zero-order chi connectivity index (χ0) is 10.1. The van der Waals surface area contributed by atoms with Crippen molar-refractivity contribution in [3.8, 4) is 0 Å². The van der Waals surface area contributed by atoms with Gasteiger partial charge in [-0.05, 0) is 24.5 Å². The third kappa shape index (κ3) is 1.41. The van der Waals surface area contributed by atoms with Crippen molar-refractivity contribution < 1.29 is 4.79 Å². The molecule has 1 heterocycles. The van der Waals surface area contributed by atoms with Crippen molar-refractivity contribution in [1.29, 1.82) is 0 Å². The Morgan fingerprint density at radius 2 is 2.07 bits per heavy atom. The highest BCUT2D eigenvalue weighted by molar-refractivity contribution is 5.78. The fraction of sp³-hybridized carbons (Fsp3) is 0.417. The van der Waals surface area contributed by atoms with Crippen LogP contribution in [0.2, 0.25) is 0 Å². The maximum atomic E-state index is 11.4. The van der Waals surface area contributed by atoms with Crippen LogP contribution in [0.4, 0.5) is 0 Å². The van der Waals surface area contributed by atoms with E-state index in [0.717, 1.165) is 6.42 Å². The maximum Gasteiger partial charge on any atom is 0.222 e. The summed E-state index contributed by atoms with van der Waals surface area (Å²) in [6.45, 7) is 2.10. The first-order valence-corrected chi connectivity index (χ1v) is 5.01. The van der Waals surface area contributed by atoms with Gasteiger partial charge < -0.3 is 4.90 Å². The van der Waals surface area contributed by atoms with Crippen LogP contribution in [0.1, 0.15) is 30.0 Å². The van der Waals surface area contributed by atoms with Crippen molar-refractivity contribution in [2.24, 2.45) is 0 Å². The second kappa shape index (κ2) is 3.45. The van der Waals surface area contributed by atoms with Crippen LogP contribution in [-0.4, -0.2) is 17.9 Å². The monoisotopic (exact) mass is 189 g/mol. The number of benzene rings is 1. The molecule has 1 saturated heterocycles. The van der Waals surface area contributed by atoms with Gasteiger partial charge in [0.05, 0.1) is 6.04 Å². The topological polar surface area (TPSA) is 20.3 Å². The van der Waals surface area contributed by atoms with Crippen LogP contribution in [0, 0.1) is 6.92 Å². The summed E-state index contributed by atoms with van der Waals surface area (Å²) in [5.74, 6) is 0.262. The van der Waals surface area contributed by atoms with E-state index in [9.17, 15) is 4.79 Å². The van der Waals surface area contributed by atoms with Gasteiger partial charge in [0, 0.05) is 13.5 Å². The number of likely N-dealkylation sites (tertiary alicyclic amines) is 1. The minimum absolute atomic E-state index is 0.262. The second-order valence-electron chi connectivity index (χ2n) is 3.92. The summed E-state index contributed by atoms with van der Waals surface area (Å²) in [6.07, 6.45) is 1.65. The van der Waals surface area contributed by atoms with Gasteiger partial charge in [-0.1, -0.05) is 24.3 Å². The Morgan fingerprint density at radius 3 is 2.64 bits per heavy atom. The zero-order valence-electron chi connectivity index (χ0n) is 8.66. The lowest BCUT2D eigenvalue weighted by Gasteiger charge is -2.21. The molecule has 2 nitrogen and oxygen atoms in total. The third-order valence-corrected chi connectivity index (χ3v) is 3.04. The van der Waals surface area contributed by atoms with Crippen LogP contribution in [-0.2, 0) is 4.79 Å². The molecule has 1 aliphatic rings. The lowest BCUT2D eigenvalue weighted by Crippen LogP contribution is -2.22. The van der Waals surface area contributed by atoms with Gasteiger partial charge in [0.15, 0.2) is 0 Å². The molecule has 0 bridgehead atoms. The molecule has 1 aromatic carbocycles. The van der Waals surface area contributed by atoms with E-state index in [1.807, 2.05) is 24.1 Å². The van der Waals surface area contributed by atoms with Crippen LogP contribution in [0.25, 0.3) is 0 Å². The van der Waals surface area contributed by atoms with Crippen LogP contribution < -0.4 is 0 Å². The predicted molar refractivity (Wildman–Crippen MR) is 55.9 cm³/mol. The Bertz CT molecular complexity index is 359. The number of carbonyl (C=O) groups is 1. The molecular formula is C12H15NO. The molecule has 0 aromatic heterocycles. The second-order valence-corrected chi connectivity index (χ2v) is 3.92. The molecule has 1 aromatic rings. The van der Waals surface area contributed by atoms with Crippen molar-refractivity contribution in [2.45, 2.75) is 25.8 Å². The molecule has 1 fully saturated rings. The van der Waals surface area contributed by atoms with Gasteiger partial charge in [0.2, 0.25) is 5.91 Å². The molecule has 0 N–H and O–H groups in total. The maximum absolute atomic E-state index is 11.4. The highest BCUT2D eigenvalue weighted by Gasteiger charge is 2.29. The number of rotatable bonds is 1. The summed E-state index contributed by atoms with van der Waals surface area (Å²) in [4.78, 5) is 13.3. The summed E-state index contributed by atoms with van der Waals surface area (Å²) in [6, 6.07) is 8.60. The molecule has 74 valence electrons. The Kier molecular flexibility index (Phi) is 2.28. The van der Waals surface area contributed by atoms with Gasteiger partial charge in [0.1, 0.15) is 0 Å². The summed E-state index contributed by atoms with van der Waals surface area (Å²) in [5, 5.41) is 0. The Morgan fingerprint density at radius 1 is 1.36 bits per heavy atom. The van der Waals surface area contributed by atoms with Crippen LogP contribution >= 0.6 is 0 Å². The average molecular weight is 189 g/mol. The summed E-state index contributed by atoms with van der Waals surface area (Å²) < 4.78 is 0.